The fourth-order valence-electron chi connectivity index (χ4n) is 2.52. The number of ether oxygens (including phenoxy) is 2. The Kier molecular flexibility index (Phi) is 4.37. The van der Waals surface area contributed by atoms with Crippen molar-refractivity contribution in [2.24, 2.45) is 0 Å². The topological polar surface area (TPSA) is 67.9 Å². The van der Waals surface area contributed by atoms with Crippen molar-refractivity contribution < 1.29 is 19.1 Å². The van der Waals surface area contributed by atoms with Gasteiger partial charge in [0.1, 0.15) is 11.5 Å². The molecule has 1 aliphatic heterocycles. The van der Waals surface area contributed by atoms with Crippen molar-refractivity contribution in [3.8, 4) is 11.5 Å². The maximum absolute atomic E-state index is 12.2. The summed E-state index contributed by atoms with van der Waals surface area (Å²) in [5.74, 6) is 1.07. The highest BCUT2D eigenvalue weighted by Crippen LogP contribution is 2.33. The van der Waals surface area contributed by atoms with Crippen LogP contribution in [0.2, 0.25) is 0 Å². The van der Waals surface area contributed by atoms with E-state index in [4.69, 9.17) is 9.47 Å². The zero-order valence-corrected chi connectivity index (χ0v) is 13.5. The van der Waals surface area contributed by atoms with Crippen LogP contribution in [0, 0.1) is 0 Å². The van der Waals surface area contributed by atoms with Crippen LogP contribution < -0.4 is 19.7 Å². The highest BCUT2D eigenvalue weighted by Gasteiger charge is 2.22. The van der Waals surface area contributed by atoms with Gasteiger partial charge in [0.2, 0.25) is 5.91 Å². The lowest BCUT2D eigenvalue weighted by Crippen LogP contribution is -2.35. The lowest BCUT2D eigenvalue weighted by molar-refractivity contribution is -0.121. The Morgan fingerprint density at radius 2 is 2.12 bits per heavy atom. The number of amides is 2. The molecule has 2 aromatic carbocycles. The van der Waals surface area contributed by atoms with Gasteiger partial charge in [-0.1, -0.05) is 12.1 Å². The van der Waals surface area contributed by atoms with Gasteiger partial charge in [-0.2, -0.15) is 0 Å². The van der Waals surface area contributed by atoms with Gasteiger partial charge in [-0.15, -0.1) is 0 Å². The third kappa shape index (κ3) is 3.32. The molecule has 24 heavy (non-hydrogen) atoms. The van der Waals surface area contributed by atoms with Crippen molar-refractivity contribution in [3.63, 3.8) is 0 Å². The molecule has 0 bridgehead atoms. The molecule has 0 saturated heterocycles. The number of nitrogens with one attached hydrogen (secondary N) is 1. The Morgan fingerprint density at radius 1 is 1.29 bits per heavy atom. The van der Waals surface area contributed by atoms with E-state index in [1.807, 2.05) is 24.3 Å². The van der Waals surface area contributed by atoms with Crippen LogP contribution in [-0.4, -0.2) is 32.6 Å². The number of rotatable bonds is 4. The number of methoxy groups -OCH3 is 1. The van der Waals surface area contributed by atoms with Gasteiger partial charge in [0.15, 0.2) is 6.61 Å². The molecule has 124 valence electrons. The normalized spacial score (nSPS) is 13.1. The number of anilines is 2. The average molecular weight is 326 g/mol. The monoisotopic (exact) mass is 326 g/mol. The third-order valence-electron chi connectivity index (χ3n) is 3.83. The summed E-state index contributed by atoms with van der Waals surface area (Å²) in [6.07, 6.45) is 0.236. The molecule has 3 rings (SSSR count). The molecule has 1 N–H and O–H groups in total. The van der Waals surface area contributed by atoms with Crippen molar-refractivity contribution in [1.29, 1.82) is 0 Å². The van der Waals surface area contributed by atoms with Crippen LogP contribution in [0.3, 0.4) is 0 Å². The molecule has 1 aliphatic rings. The summed E-state index contributed by atoms with van der Waals surface area (Å²) in [7, 11) is 3.28. The number of hydrogen-bond donors (Lipinski definition) is 1. The molecule has 0 atom stereocenters. The summed E-state index contributed by atoms with van der Waals surface area (Å²) in [4.78, 5) is 25.4. The number of carbonyl (C=O) groups excluding carboxylic acids is 2. The standard InChI is InChI=1S/C18H18N2O4/c1-20-15-10-13(6-7-16(15)24-11-18(20)22)19-17(21)9-12-4-3-5-14(8-12)23-2/h3-8,10H,9,11H2,1-2H3,(H,19,21). The lowest BCUT2D eigenvalue weighted by atomic mass is 10.1. The van der Waals surface area contributed by atoms with E-state index >= 15 is 0 Å². The van der Waals surface area contributed by atoms with E-state index < -0.39 is 0 Å². The Bertz CT molecular complexity index is 788. The van der Waals surface area contributed by atoms with Gasteiger partial charge in [0, 0.05) is 12.7 Å². The van der Waals surface area contributed by atoms with E-state index in [-0.39, 0.29) is 24.8 Å². The van der Waals surface area contributed by atoms with Crippen LogP contribution >= 0.6 is 0 Å². The first-order chi connectivity index (χ1) is 11.6. The summed E-state index contributed by atoms with van der Waals surface area (Å²) < 4.78 is 10.5. The Morgan fingerprint density at radius 3 is 2.92 bits per heavy atom. The van der Waals surface area contributed by atoms with E-state index in [0.29, 0.717) is 22.9 Å². The number of carbonyl (C=O) groups is 2. The van der Waals surface area contributed by atoms with Crippen LogP contribution in [0.25, 0.3) is 0 Å². The van der Waals surface area contributed by atoms with Gasteiger partial charge >= 0.3 is 0 Å². The number of nitrogens with zero attached hydrogens (tertiary/aromatic N) is 1. The molecule has 2 amide bonds. The molecule has 0 saturated carbocycles. The molecule has 6 heteroatoms. The van der Waals surface area contributed by atoms with Gasteiger partial charge in [0.25, 0.3) is 5.91 Å². The van der Waals surface area contributed by atoms with Crippen molar-refractivity contribution in [3.05, 3.63) is 48.0 Å². The minimum atomic E-state index is -0.145. The van der Waals surface area contributed by atoms with E-state index in [1.165, 1.54) is 4.90 Å². The number of benzene rings is 2. The van der Waals surface area contributed by atoms with E-state index in [0.717, 1.165) is 5.56 Å². The van der Waals surface area contributed by atoms with Crippen molar-refractivity contribution in [2.75, 3.05) is 31.0 Å². The molecular formula is C18H18N2O4. The molecule has 0 spiro atoms. The van der Waals surface area contributed by atoms with E-state index in [1.54, 1.807) is 32.4 Å². The Hall–Kier alpha value is -3.02. The molecule has 0 unspecified atom stereocenters. The first-order valence-corrected chi connectivity index (χ1v) is 7.53. The van der Waals surface area contributed by atoms with Crippen LogP contribution in [-0.2, 0) is 16.0 Å². The van der Waals surface area contributed by atoms with Gasteiger partial charge in [-0.05, 0) is 35.9 Å². The fourth-order valence-corrected chi connectivity index (χ4v) is 2.52. The number of likely N-dealkylation sites (N-methyl/N-ethyl adjacent to an activating group) is 1. The Balaban J connectivity index is 1.71. The molecule has 0 aromatic heterocycles. The SMILES string of the molecule is COc1cccc(CC(=O)Nc2ccc3c(c2)N(C)C(=O)CO3)c1. The third-order valence-corrected chi connectivity index (χ3v) is 3.83. The molecular weight excluding hydrogens is 308 g/mol. The molecule has 1 heterocycles. The number of hydrogen-bond acceptors (Lipinski definition) is 4. The first-order valence-electron chi connectivity index (χ1n) is 7.53. The van der Waals surface area contributed by atoms with Crippen molar-refractivity contribution in [2.45, 2.75) is 6.42 Å². The second-order valence-corrected chi connectivity index (χ2v) is 5.50. The average Bonchev–Trinajstić information content (AvgIpc) is 2.58. The second kappa shape index (κ2) is 6.62. The zero-order valence-electron chi connectivity index (χ0n) is 13.5. The predicted octanol–water partition coefficient (Wildman–Crippen LogP) is 2.23. The zero-order chi connectivity index (χ0) is 17.1. The summed E-state index contributed by atoms with van der Waals surface area (Å²) in [6, 6.07) is 12.6. The summed E-state index contributed by atoms with van der Waals surface area (Å²) in [5, 5.41) is 2.84. The quantitative estimate of drug-likeness (QED) is 0.935. The minimum absolute atomic E-state index is 0.0328. The molecule has 0 fully saturated rings. The summed E-state index contributed by atoms with van der Waals surface area (Å²) in [5.41, 5.74) is 2.12. The van der Waals surface area contributed by atoms with Crippen molar-refractivity contribution >= 4 is 23.2 Å². The fraction of sp³-hybridized carbons (Fsp3) is 0.222. The molecule has 6 nitrogen and oxygen atoms in total. The molecule has 0 radical (unpaired) electrons. The van der Waals surface area contributed by atoms with Gasteiger partial charge in [-0.25, -0.2) is 0 Å². The van der Waals surface area contributed by atoms with Crippen molar-refractivity contribution in [1.82, 2.24) is 0 Å². The highest BCUT2D eigenvalue weighted by atomic mass is 16.5. The smallest absolute Gasteiger partial charge is 0.264 e. The van der Waals surface area contributed by atoms with Gasteiger partial charge in [-0.3, -0.25) is 9.59 Å². The number of fused-ring (bicyclic) bond motifs is 1. The maximum Gasteiger partial charge on any atom is 0.264 e. The predicted molar refractivity (Wildman–Crippen MR) is 90.7 cm³/mol. The maximum atomic E-state index is 12.2. The van der Waals surface area contributed by atoms with Gasteiger partial charge < -0.3 is 19.7 Å². The van der Waals surface area contributed by atoms with Crippen LogP contribution in [0.4, 0.5) is 11.4 Å². The van der Waals surface area contributed by atoms with Crippen LogP contribution in [0.5, 0.6) is 11.5 Å². The first kappa shape index (κ1) is 15.9. The van der Waals surface area contributed by atoms with E-state index in [9.17, 15) is 9.59 Å². The second-order valence-electron chi connectivity index (χ2n) is 5.50. The summed E-state index contributed by atoms with van der Waals surface area (Å²) in [6.45, 7) is 0.0328. The molecule has 2 aromatic rings. The van der Waals surface area contributed by atoms with E-state index in [2.05, 4.69) is 5.32 Å². The minimum Gasteiger partial charge on any atom is -0.497 e. The largest absolute Gasteiger partial charge is 0.497 e. The van der Waals surface area contributed by atoms with Crippen LogP contribution in [0.1, 0.15) is 5.56 Å². The molecule has 0 aliphatic carbocycles. The van der Waals surface area contributed by atoms with Gasteiger partial charge in [0.05, 0.1) is 19.2 Å². The van der Waals surface area contributed by atoms with Crippen LogP contribution in [0.15, 0.2) is 42.5 Å². The Labute approximate surface area is 140 Å². The summed E-state index contributed by atoms with van der Waals surface area (Å²) >= 11 is 0. The lowest BCUT2D eigenvalue weighted by Gasteiger charge is -2.26. The highest BCUT2D eigenvalue weighted by molar-refractivity contribution is 5.99.